The van der Waals surface area contributed by atoms with Crippen LogP contribution in [0.15, 0.2) is 18.2 Å². The lowest BCUT2D eigenvalue weighted by molar-refractivity contribution is -0.137. The van der Waals surface area contributed by atoms with Gasteiger partial charge in [0.2, 0.25) is 17.7 Å². The van der Waals surface area contributed by atoms with Crippen molar-refractivity contribution in [3.63, 3.8) is 0 Å². The highest BCUT2D eigenvalue weighted by molar-refractivity contribution is 6.05. The molecule has 1 aromatic rings. The third-order valence-electron chi connectivity index (χ3n) is 7.30. The van der Waals surface area contributed by atoms with Crippen LogP contribution in [0.25, 0.3) is 0 Å². The van der Waals surface area contributed by atoms with Crippen LogP contribution in [0.4, 0.5) is 0 Å². The molecule has 4 heterocycles. The van der Waals surface area contributed by atoms with Crippen molar-refractivity contribution >= 4 is 23.6 Å². The number of amides is 4. The zero-order valence-electron chi connectivity index (χ0n) is 18.1. The normalized spacial score (nSPS) is 27.3. The Balaban J connectivity index is 1.37. The van der Waals surface area contributed by atoms with Gasteiger partial charge in [-0.05, 0) is 55.5 Å². The van der Waals surface area contributed by atoms with Crippen LogP contribution in [0.3, 0.4) is 0 Å². The number of piperazine rings is 1. The molecule has 1 aromatic carbocycles. The molecule has 4 aliphatic heterocycles. The number of nitrogens with one attached hydrogen (secondary N) is 3. The highest BCUT2D eigenvalue weighted by Gasteiger charge is 2.40. The summed E-state index contributed by atoms with van der Waals surface area (Å²) >= 11 is 0. The summed E-state index contributed by atoms with van der Waals surface area (Å²) in [5.41, 5.74) is 2.57. The molecule has 32 heavy (non-hydrogen) atoms. The number of fused-ring (bicyclic) bond motifs is 1. The fourth-order valence-electron chi connectivity index (χ4n) is 5.59. The second-order valence-electron chi connectivity index (χ2n) is 9.21. The summed E-state index contributed by atoms with van der Waals surface area (Å²) in [5.74, 6) is -0.298. The molecule has 0 radical (unpaired) electrons. The molecule has 2 atom stereocenters. The molecule has 170 valence electrons. The van der Waals surface area contributed by atoms with Gasteiger partial charge in [-0.2, -0.15) is 0 Å². The average molecular weight is 440 g/mol. The molecule has 2 unspecified atom stereocenters. The average Bonchev–Trinajstić information content (AvgIpc) is 3.12. The van der Waals surface area contributed by atoms with Crippen molar-refractivity contribution in [2.45, 2.75) is 50.9 Å². The maximum atomic E-state index is 13.1. The van der Waals surface area contributed by atoms with E-state index in [9.17, 15) is 19.2 Å². The van der Waals surface area contributed by atoms with E-state index >= 15 is 0 Å². The number of carbonyl (C=O) groups is 4. The molecule has 0 saturated carbocycles. The van der Waals surface area contributed by atoms with Crippen molar-refractivity contribution in [1.29, 1.82) is 0 Å². The fourth-order valence-corrected chi connectivity index (χ4v) is 5.59. The SMILES string of the molecule is O=C1CN(Cc2cccc3c2CN(C2CCC(=O)NC2=O)C3=O)C(C2CCNCC2)CN1. The topological polar surface area (TPSA) is 111 Å². The van der Waals surface area contributed by atoms with Gasteiger partial charge in [-0.3, -0.25) is 29.4 Å². The minimum absolute atomic E-state index is 0.0315. The maximum absolute atomic E-state index is 13.1. The van der Waals surface area contributed by atoms with Crippen LogP contribution in [0.5, 0.6) is 0 Å². The summed E-state index contributed by atoms with van der Waals surface area (Å²) in [4.78, 5) is 53.0. The van der Waals surface area contributed by atoms with Crippen molar-refractivity contribution in [3.05, 3.63) is 34.9 Å². The molecule has 9 nitrogen and oxygen atoms in total. The van der Waals surface area contributed by atoms with Gasteiger partial charge in [0.25, 0.3) is 5.91 Å². The van der Waals surface area contributed by atoms with Crippen LogP contribution in [0.1, 0.15) is 47.2 Å². The fraction of sp³-hybridized carbons (Fsp3) is 0.565. The third-order valence-corrected chi connectivity index (χ3v) is 7.30. The van der Waals surface area contributed by atoms with Crippen molar-refractivity contribution < 1.29 is 19.2 Å². The summed E-state index contributed by atoms with van der Waals surface area (Å²) < 4.78 is 0. The molecule has 4 amide bonds. The molecular formula is C23H29N5O4. The maximum Gasteiger partial charge on any atom is 0.255 e. The Kier molecular flexibility index (Phi) is 5.69. The van der Waals surface area contributed by atoms with Crippen molar-refractivity contribution in [2.24, 2.45) is 5.92 Å². The molecule has 5 rings (SSSR count). The zero-order chi connectivity index (χ0) is 22.2. The highest BCUT2D eigenvalue weighted by Crippen LogP contribution is 2.32. The number of carbonyl (C=O) groups excluding carboxylic acids is 4. The number of hydrogen-bond donors (Lipinski definition) is 3. The first-order chi connectivity index (χ1) is 15.5. The summed E-state index contributed by atoms with van der Waals surface area (Å²) in [6, 6.07) is 5.35. The number of rotatable bonds is 4. The summed E-state index contributed by atoms with van der Waals surface area (Å²) in [5, 5.41) is 8.78. The first-order valence-corrected chi connectivity index (χ1v) is 11.5. The highest BCUT2D eigenvalue weighted by atomic mass is 16.2. The summed E-state index contributed by atoms with van der Waals surface area (Å²) in [7, 11) is 0. The first kappa shape index (κ1) is 21.1. The van der Waals surface area contributed by atoms with E-state index in [0.717, 1.165) is 37.1 Å². The zero-order valence-corrected chi connectivity index (χ0v) is 18.1. The molecule has 9 heteroatoms. The second-order valence-corrected chi connectivity index (χ2v) is 9.21. The molecule has 0 aromatic heterocycles. The number of benzene rings is 1. The predicted molar refractivity (Wildman–Crippen MR) is 115 cm³/mol. The van der Waals surface area contributed by atoms with E-state index in [-0.39, 0.29) is 30.2 Å². The van der Waals surface area contributed by atoms with E-state index in [0.29, 0.717) is 44.1 Å². The lowest BCUT2D eigenvalue weighted by Gasteiger charge is -2.42. The minimum Gasteiger partial charge on any atom is -0.353 e. The lowest BCUT2D eigenvalue weighted by atomic mass is 9.87. The van der Waals surface area contributed by atoms with Crippen LogP contribution in [0, 0.1) is 5.92 Å². The quantitative estimate of drug-likeness (QED) is 0.558. The van der Waals surface area contributed by atoms with Gasteiger partial charge in [0.05, 0.1) is 6.54 Å². The molecule has 0 aliphatic carbocycles. The molecule has 4 aliphatic rings. The van der Waals surface area contributed by atoms with E-state index in [1.54, 1.807) is 11.0 Å². The van der Waals surface area contributed by atoms with Gasteiger partial charge < -0.3 is 15.5 Å². The van der Waals surface area contributed by atoms with Crippen LogP contribution < -0.4 is 16.0 Å². The summed E-state index contributed by atoms with van der Waals surface area (Å²) in [6.07, 6.45) is 2.77. The van der Waals surface area contributed by atoms with Gasteiger partial charge in [-0.15, -0.1) is 0 Å². The van der Waals surface area contributed by atoms with Gasteiger partial charge in [0, 0.05) is 37.7 Å². The van der Waals surface area contributed by atoms with Crippen LogP contribution in [-0.2, 0) is 27.5 Å². The Morgan fingerprint density at radius 1 is 0.969 bits per heavy atom. The van der Waals surface area contributed by atoms with E-state index in [1.807, 2.05) is 12.1 Å². The van der Waals surface area contributed by atoms with Crippen molar-refractivity contribution in [1.82, 2.24) is 25.8 Å². The van der Waals surface area contributed by atoms with Gasteiger partial charge in [0.1, 0.15) is 6.04 Å². The number of imide groups is 1. The molecule has 3 fully saturated rings. The molecular weight excluding hydrogens is 410 g/mol. The number of hydrogen-bond acceptors (Lipinski definition) is 6. The second kappa shape index (κ2) is 8.63. The third kappa shape index (κ3) is 3.91. The van der Waals surface area contributed by atoms with E-state index < -0.39 is 11.9 Å². The standard InChI is InChI=1S/C23H29N5O4/c29-20-5-4-18(22(31)26-20)28-12-17-15(2-1-3-16(17)23(28)32)11-27-13-21(30)25-10-19(27)14-6-8-24-9-7-14/h1-3,14,18-19,24H,4-13H2,(H,25,30)(H,26,29,31). The van der Waals surface area contributed by atoms with E-state index in [1.165, 1.54) is 0 Å². The molecule has 0 bridgehead atoms. The Bertz CT molecular complexity index is 958. The van der Waals surface area contributed by atoms with E-state index in [2.05, 4.69) is 20.9 Å². The largest absolute Gasteiger partial charge is 0.353 e. The first-order valence-electron chi connectivity index (χ1n) is 11.5. The van der Waals surface area contributed by atoms with Gasteiger partial charge in [-0.25, -0.2) is 0 Å². The van der Waals surface area contributed by atoms with Crippen LogP contribution >= 0.6 is 0 Å². The summed E-state index contributed by atoms with van der Waals surface area (Å²) in [6.45, 7) is 3.96. The van der Waals surface area contributed by atoms with Crippen LogP contribution in [-0.4, -0.2) is 71.7 Å². The van der Waals surface area contributed by atoms with Crippen LogP contribution in [0.2, 0.25) is 0 Å². The van der Waals surface area contributed by atoms with Crippen molar-refractivity contribution in [3.8, 4) is 0 Å². The Labute approximate surface area is 186 Å². The molecule has 0 spiro atoms. The number of nitrogens with zero attached hydrogens (tertiary/aromatic N) is 2. The Morgan fingerprint density at radius 3 is 2.56 bits per heavy atom. The number of piperidine rings is 2. The Hall–Kier alpha value is -2.78. The predicted octanol–water partition coefficient (Wildman–Crippen LogP) is -0.252. The monoisotopic (exact) mass is 439 g/mol. The van der Waals surface area contributed by atoms with Crippen molar-refractivity contribution in [2.75, 3.05) is 26.2 Å². The molecule has 3 N–H and O–H groups in total. The van der Waals surface area contributed by atoms with E-state index in [4.69, 9.17) is 0 Å². The molecule has 3 saturated heterocycles. The lowest BCUT2D eigenvalue weighted by Crippen LogP contribution is -2.57. The van der Waals surface area contributed by atoms with Gasteiger partial charge in [-0.1, -0.05) is 12.1 Å². The minimum atomic E-state index is -0.622. The smallest absolute Gasteiger partial charge is 0.255 e. The van der Waals surface area contributed by atoms with Gasteiger partial charge in [0.15, 0.2) is 0 Å². The van der Waals surface area contributed by atoms with Gasteiger partial charge >= 0.3 is 0 Å². The Morgan fingerprint density at radius 2 is 1.78 bits per heavy atom.